The maximum absolute atomic E-state index is 12.3. The molecule has 1 aliphatic carbocycles. The molecule has 3 fully saturated rings. The highest BCUT2D eigenvalue weighted by molar-refractivity contribution is 5.85. The van der Waals surface area contributed by atoms with E-state index >= 15 is 0 Å². The van der Waals surface area contributed by atoms with E-state index in [1.807, 2.05) is 0 Å². The molecule has 1 N–H and O–H groups in total. The number of nitrogens with zero attached hydrogens (tertiary/aromatic N) is 1. The van der Waals surface area contributed by atoms with Crippen LogP contribution in [0.25, 0.3) is 0 Å². The molecule has 0 aromatic carbocycles. The molecule has 3 nitrogen and oxygen atoms in total. The number of carbonyl (C=O) groups excluding carboxylic acids is 1. The lowest BCUT2D eigenvalue weighted by Gasteiger charge is -2.22. The first-order valence-electron chi connectivity index (χ1n) is 6.84. The second kappa shape index (κ2) is 5.57. The molecule has 3 unspecified atom stereocenters. The van der Waals surface area contributed by atoms with Gasteiger partial charge in [0.2, 0.25) is 5.91 Å². The summed E-state index contributed by atoms with van der Waals surface area (Å²) in [5.41, 5.74) is 0. The molecule has 2 aliphatic heterocycles. The van der Waals surface area contributed by atoms with Gasteiger partial charge in [0.25, 0.3) is 0 Å². The van der Waals surface area contributed by atoms with Crippen molar-refractivity contribution in [3.63, 3.8) is 0 Å². The topological polar surface area (TPSA) is 32.3 Å². The standard InChI is InChI=1S/C13H22N2O.ClH/c16-13(10-5-6-14-7-10)15-8-11-3-1-2-4-12(11)9-15;/h10-12,14H,1-9H2;1H. The summed E-state index contributed by atoms with van der Waals surface area (Å²) in [6.07, 6.45) is 6.53. The van der Waals surface area contributed by atoms with Crippen LogP contribution >= 0.6 is 12.4 Å². The van der Waals surface area contributed by atoms with Crippen LogP contribution in [-0.4, -0.2) is 37.0 Å². The van der Waals surface area contributed by atoms with Gasteiger partial charge in [0, 0.05) is 19.6 Å². The highest BCUT2D eigenvalue weighted by atomic mass is 35.5. The fourth-order valence-electron chi connectivity index (χ4n) is 3.71. The normalized spacial score (nSPS) is 36.5. The average molecular weight is 259 g/mol. The average Bonchev–Trinajstić information content (AvgIpc) is 2.97. The van der Waals surface area contributed by atoms with E-state index in [0.717, 1.165) is 44.4 Å². The largest absolute Gasteiger partial charge is 0.342 e. The van der Waals surface area contributed by atoms with Crippen molar-refractivity contribution < 1.29 is 4.79 Å². The molecule has 0 bridgehead atoms. The van der Waals surface area contributed by atoms with E-state index in [4.69, 9.17) is 0 Å². The molecule has 3 atom stereocenters. The SMILES string of the molecule is Cl.O=C(C1CCNC1)N1CC2CCCCC2C1. The molecule has 0 radical (unpaired) electrons. The molecule has 98 valence electrons. The van der Waals surface area contributed by atoms with Crippen LogP contribution in [0, 0.1) is 17.8 Å². The summed E-state index contributed by atoms with van der Waals surface area (Å²) in [6.45, 7) is 4.04. The van der Waals surface area contributed by atoms with Gasteiger partial charge in [0.1, 0.15) is 0 Å². The third-order valence-corrected chi connectivity index (χ3v) is 4.70. The number of rotatable bonds is 1. The molecule has 1 amide bonds. The Labute approximate surface area is 110 Å². The molecule has 4 heteroatoms. The lowest BCUT2D eigenvalue weighted by atomic mass is 9.82. The van der Waals surface area contributed by atoms with Gasteiger partial charge >= 0.3 is 0 Å². The van der Waals surface area contributed by atoms with Crippen molar-refractivity contribution in [2.24, 2.45) is 17.8 Å². The molecular weight excluding hydrogens is 236 g/mol. The Morgan fingerprint density at radius 2 is 1.71 bits per heavy atom. The van der Waals surface area contributed by atoms with Crippen LogP contribution in [-0.2, 0) is 4.79 Å². The van der Waals surface area contributed by atoms with Crippen LogP contribution in [0.4, 0.5) is 0 Å². The minimum absolute atomic E-state index is 0. The molecule has 1 saturated carbocycles. The number of likely N-dealkylation sites (tertiary alicyclic amines) is 1. The zero-order valence-corrected chi connectivity index (χ0v) is 11.2. The second-order valence-electron chi connectivity index (χ2n) is 5.74. The summed E-state index contributed by atoms with van der Waals surface area (Å²) in [7, 11) is 0. The zero-order valence-electron chi connectivity index (χ0n) is 10.4. The molecule has 17 heavy (non-hydrogen) atoms. The number of carbonyl (C=O) groups is 1. The van der Waals surface area contributed by atoms with Crippen LogP contribution in [0.3, 0.4) is 0 Å². The highest BCUT2D eigenvalue weighted by Crippen LogP contribution is 2.36. The third kappa shape index (κ3) is 2.60. The Balaban J connectivity index is 0.00000108. The maximum atomic E-state index is 12.3. The number of nitrogens with one attached hydrogen (secondary N) is 1. The molecule has 0 aromatic heterocycles. The fourth-order valence-corrected chi connectivity index (χ4v) is 3.71. The van der Waals surface area contributed by atoms with Crippen molar-refractivity contribution in [2.75, 3.05) is 26.2 Å². The molecule has 2 saturated heterocycles. The van der Waals surface area contributed by atoms with Gasteiger partial charge < -0.3 is 10.2 Å². The summed E-state index contributed by atoms with van der Waals surface area (Å²) in [4.78, 5) is 14.4. The van der Waals surface area contributed by atoms with Crippen LogP contribution < -0.4 is 5.32 Å². The van der Waals surface area contributed by atoms with Gasteiger partial charge in [-0.2, -0.15) is 0 Å². The van der Waals surface area contributed by atoms with Gasteiger partial charge in [-0.05, 0) is 37.6 Å². The highest BCUT2D eigenvalue weighted by Gasteiger charge is 2.38. The fraction of sp³-hybridized carbons (Fsp3) is 0.923. The number of fused-ring (bicyclic) bond motifs is 1. The smallest absolute Gasteiger partial charge is 0.227 e. The van der Waals surface area contributed by atoms with Gasteiger partial charge in [0.15, 0.2) is 0 Å². The lowest BCUT2D eigenvalue weighted by molar-refractivity contribution is -0.134. The minimum Gasteiger partial charge on any atom is -0.342 e. The van der Waals surface area contributed by atoms with Gasteiger partial charge in [-0.3, -0.25) is 4.79 Å². The van der Waals surface area contributed by atoms with E-state index in [-0.39, 0.29) is 18.3 Å². The number of amides is 1. The Morgan fingerprint density at radius 3 is 2.24 bits per heavy atom. The Bertz CT molecular complexity index is 265. The first kappa shape index (κ1) is 13.2. The van der Waals surface area contributed by atoms with Crippen molar-refractivity contribution in [2.45, 2.75) is 32.1 Å². The van der Waals surface area contributed by atoms with E-state index in [0.29, 0.717) is 5.91 Å². The van der Waals surface area contributed by atoms with Crippen molar-refractivity contribution in [1.29, 1.82) is 0 Å². The lowest BCUT2D eigenvalue weighted by Crippen LogP contribution is -2.35. The van der Waals surface area contributed by atoms with Crippen molar-refractivity contribution in [3.05, 3.63) is 0 Å². The van der Waals surface area contributed by atoms with Crippen molar-refractivity contribution in [1.82, 2.24) is 10.2 Å². The van der Waals surface area contributed by atoms with Crippen molar-refractivity contribution >= 4 is 18.3 Å². The molecular formula is C13H23ClN2O. The molecule has 3 aliphatic rings. The molecule has 0 spiro atoms. The van der Waals surface area contributed by atoms with E-state index in [1.54, 1.807) is 0 Å². The minimum atomic E-state index is 0. The number of halogens is 1. The van der Waals surface area contributed by atoms with Gasteiger partial charge in [0.05, 0.1) is 5.92 Å². The first-order valence-corrected chi connectivity index (χ1v) is 6.84. The molecule has 2 heterocycles. The van der Waals surface area contributed by atoms with Gasteiger partial charge in [-0.25, -0.2) is 0 Å². The van der Waals surface area contributed by atoms with E-state index in [9.17, 15) is 4.79 Å². The first-order chi connectivity index (χ1) is 7.84. The maximum Gasteiger partial charge on any atom is 0.227 e. The summed E-state index contributed by atoms with van der Waals surface area (Å²) < 4.78 is 0. The van der Waals surface area contributed by atoms with E-state index < -0.39 is 0 Å². The van der Waals surface area contributed by atoms with Crippen LogP contribution in [0.15, 0.2) is 0 Å². The van der Waals surface area contributed by atoms with E-state index in [2.05, 4.69) is 10.2 Å². The summed E-state index contributed by atoms with van der Waals surface area (Å²) in [6, 6.07) is 0. The Kier molecular flexibility index (Phi) is 4.31. The predicted molar refractivity (Wildman–Crippen MR) is 70.3 cm³/mol. The van der Waals surface area contributed by atoms with Crippen LogP contribution in [0.1, 0.15) is 32.1 Å². The number of hydrogen-bond acceptors (Lipinski definition) is 2. The quantitative estimate of drug-likeness (QED) is 0.776. The second-order valence-corrected chi connectivity index (χ2v) is 5.74. The Hall–Kier alpha value is -0.280. The summed E-state index contributed by atoms with van der Waals surface area (Å²) >= 11 is 0. The number of hydrogen-bond donors (Lipinski definition) is 1. The molecule has 0 aromatic rings. The summed E-state index contributed by atoms with van der Waals surface area (Å²) in [5.74, 6) is 2.36. The molecule has 3 rings (SSSR count). The van der Waals surface area contributed by atoms with Crippen molar-refractivity contribution in [3.8, 4) is 0 Å². The zero-order chi connectivity index (χ0) is 11.0. The van der Waals surface area contributed by atoms with Gasteiger partial charge in [-0.1, -0.05) is 12.8 Å². The van der Waals surface area contributed by atoms with Gasteiger partial charge in [-0.15, -0.1) is 12.4 Å². The summed E-state index contributed by atoms with van der Waals surface area (Å²) in [5, 5.41) is 3.29. The van der Waals surface area contributed by atoms with Crippen LogP contribution in [0.2, 0.25) is 0 Å². The van der Waals surface area contributed by atoms with Crippen LogP contribution in [0.5, 0.6) is 0 Å². The monoisotopic (exact) mass is 258 g/mol. The third-order valence-electron chi connectivity index (χ3n) is 4.70. The predicted octanol–water partition coefficient (Wildman–Crippen LogP) is 1.67. The Morgan fingerprint density at radius 1 is 1.06 bits per heavy atom. The van der Waals surface area contributed by atoms with E-state index in [1.165, 1.54) is 25.7 Å².